The molecule has 136 valence electrons. The Morgan fingerprint density at radius 1 is 1.19 bits per heavy atom. The number of hydrogen-bond acceptors (Lipinski definition) is 6. The van der Waals surface area contributed by atoms with E-state index in [1.165, 1.54) is 19.5 Å². The summed E-state index contributed by atoms with van der Waals surface area (Å²) < 4.78 is 31.3. The Labute approximate surface area is 158 Å². The van der Waals surface area contributed by atoms with Gasteiger partial charge in [-0.2, -0.15) is 0 Å². The van der Waals surface area contributed by atoms with Gasteiger partial charge in [-0.15, -0.1) is 0 Å². The third kappa shape index (κ3) is 3.86. The lowest BCUT2D eigenvalue weighted by atomic mass is 10.1. The summed E-state index contributed by atoms with van der Waals surface area (Å²) in [5.74, 6) is 0.508. The van der Waals surface area contributed by atoms with Crippen LogP contribution in [0.25, 0.3) is 10.9 Å². The first-order chi connectivity index (χ1) is 12.6. The van der Waals surface area contributed by atoms with Crippen LogP contribution >= 0.6 is 15.9 Å². The summed E-state index contributed by atoms with van der Waals surface area (Å²) in [5.41, 5.74) is 1.38. The second-order valence-electron chi connectivity index (χ2n) is 5.33. The number of anilines is 2. The van der Waals surface area contributed by atoms with Gasteiger partial charge in [0.2, 0.25) is 0 Å². The van der Waals surface area contributed by atoms with Crippen LogP contribution in [-0.2, 0) is 4.74 Å². The van der Waals surface area contributed by atoms with Gasteiger partial charge < -0.3 is 19.5 Å². The largest absolute Gasteiger partial charge is 0.493 e. The zero-order chi connectivity index (χ0) is 18.5. The number of hydrogen-bond donors (Lipinski definition) is 1. The molecule has 6 nitrogen and oxygen atoms in total. The van der Waals surface area contributed by atoms with E-state index in [2.05, 4.69) is 31.2 Å². The van der Waals surface area contributed by atoms with E-state index >= 15 is 0 Å². The molecule has 0 unspecified atom stereocenters. The number of nitrogens with one attached hydrogen (secondary N) is 1. The number of methoxy groups -OCH3 is 2. The molecule has 0 radical (unpaired) electrons. The maximum Gasteiger partial charge on any atom is 0.187 e. The van der Waals surface area contributed by atoms with Gasteiger partial charge >= 0.3 is 0 Å². The van der Waals surface area contributed by atoms with Crippen LogP contribution in [0.4, 0.5) is 15.8 Å². The van der Waals surface area contributed by atoms with Crippen LogP contribution in [-0.4, -0.2) is 37.4 Å². The summed E-state index contributed by atoms with van der Waals surface area (Å²) in [6.45, 7) is 0.706. The van der Waals surface area contributed by atoms with E-state index in [1.54, 1.807) is 31.5 Å². The first-order valence-corrected chi connectivity index (χ1v) is 8.58. The van der Waals surface area contributed by atoms with Crippen molar-refractivity contribution >= 4 is 38.2 Å². The summed E-state index contributed by atoms with van der Waals surface area (Å²) in [5, 5.41) is 3.82. The van der Waals surface area contributed by atoms with E-state index in [-0.39, 0.29) is 5.69 Å². The molecule has 0 bridgehead atoms. The lowest BCUT2D eigenvalue weighted by Gasteiger charge is -2.18. The van der Waals surface area contributed by atoms with Gasteiger partial charge in [-0.25, -0.2) is 14.4 Å². The van der Waals surface area contributed by atoms with Crippen LogP contribution in [0.3, 0.4) is 0 Å². The minimum Gasteiger partial charge on any atom is -0.493 e. The van der Waals surface area contributed by atoms with Crippen molar-refractivity contribution in [1.29, 1.82) is 0 Å². The number of benzene rings is 2. The molecule has 3 rings (SSSR count). The molecule has 1 heterocycles. The number of aromatic nitrogens is 2. The maximum absolute atomic E-state index is 14.3. The van der Waals surface area contributed by atoms with Crippen LogP contribution < -0.4 is 14.8 Å². The van der Waals surface area contributed by atoms with E-state index in [1.807, 2.05) is 0 Å². The molecule has 26 heavy (non-hydrogen) atoms. The van der Waals surface area contributed by atoms with Crippen molar-refractivity contribution in [3.05, 3.63) is 47.1 Å². The lowest BCUT2D eigenvalue weighted by Crippen LogP contribution is -2.08. The predicted molar refractivity (Wildman–Crippen MR) is 101 cm³/mol. The molecular formula is C18H17BrFN3O3. The Bertz CT molecular complexity index is 924. The number of rotatable bonds is 7. The first-order valence-electron chi connectivity index (χ1n) is 7.78. The Balaban J connectivity index is 2.13. The molecule has 3 aromatic rings. The molecule has 0 amide bonds. The molecule has 1 N–H and O–H groups in total. The topological polar surface area (TPSA) is 65.5 Å². The average molecular weight is 422 g/mol. The molecule has 0 saturated carbocycles. The summed E-state index contributed by atoms with van der Waals surface area (Å²) in [6, 6.07) is 6.53. The Kier molecular flexibility index (Phi) is 5.85. The van der Waals surface area contributed by atoms with Crippen molar-refractivity contribution in [2.75, 3.05) is 32.8 Å². The monoisotopic (exact) mass is 421 g/mol. The smallest absolute Gasteiger partial charge is 0.187 e. The Hall–Kier alpha value is -2.45. The molecule has 0 aliphatic carbocycles. The fourth-order valence-electron chi connectivity index (χ4n) is 2.46. The summed E-state index contributed by atoms with van der Waals surface area (Å²) in [7, 11) is 3.13. The molecule has 2 aromatic carbocycles. The predicted octanol–water partition coefficient (Wildman–Crippen LogP) is 4.31. The SMILES string of the molecule is COCCOc1c(OC)cc2cncnc2c1Nc1ccc(Br)cc1F. The molecule has 0 fully saturated rings. The van der Waals surface area contributed by atoms with E-state index < -0.39 is 5.82 Å². The number of halogens is 2. The van der Waals surface area contributed by atoms with Gasteiger partial charge in [-0.05, 0) is 24.3 Å². The highest BCUT2D eigenvalue weighted by atomic mass is 79.9. The Morgan fingerprint density at radius 3 is 2.77 bits per heavy atom. The molecule has 0 atom stereocenters. The van der Waals surface area contributed by atoms with Gasteiger partial charge in [0.05, 0.1) is 19.4 Å². The van der Waals surface area contributed by atoms with Gasteiger partial charge in [-0.3, -0.25) is 0 Å². The molecule has 1 aromatic heterocycles. The van der Waals surface area contributed by atoms with Gasteiger partial charge in [-0.1, -0.05) is 15.9 Å². The van der Waals surface area contributed by atoms with E-state index in [0.29, 0.717) is 40.4 Å². The highest BCUT2D eigenvalue weighted by Crippen LogP contribution is 2.42. The van der Waals surface area contributed by atoms with Crippen molar-refractivity contribution in [1.82, 2.24) is 9.97 Å². The third-order valence-corrected chi connectivity index (χ3v) is 4.15. The highest BCUT2D eigenvalue weighted by Gasteiger charge is 2.18. The minimum atomic E-state index is -0.410. The maximum atomic E-state index is 14.3. The first kappa shape index (κ1) is 18.3. The van der Waals surface area contributed by atoms with Crippen molar-refractivity contribution in [2.24, 2.45) is 0 Å². The highest BCUT2D eigenvalue weighted by molar-refractivity contribution is 9.10. The molecule has 0 spiro atoms. The van der Waals surface area contributed by atoms with Crippen LogP contribution in [0, 0.1) is 5.82 Å². The minimum absolute atomic E-state index is 0.290. The van der Waals surface area contributed by atoms with Crippen molar-refractivity contribution in [3.63, 3.8) is 0 Å². The molecule has 8 heteroatoms. The standard InChI is InChI=1S/C18H17BrFN3O3/c1-24-5-6-26-18-15(25-2)7-11-9-21-10-22-16(11)17(18)23-14-4-3-12(19)8-13(14)20/h3-4,7-10,23H,5-6H2,1-2H3. The third-order valence-electron chi connectivity index (χ3n) is 3.66. The van der Waals surface area contributed by atoms with Gasteiger partial charge in [0.1, 0.15) is 30.0 Å². The van der Waals surface area contributed by atoms with Crippen LogP contribution in [0.15, 0.2) is 41.3 Å². The summed E-state index contributed by atoms with van der Waals surface area (Å²) in [6.07, 6.45) is 3.09. The molecule has 0 saturated heterocycles. The van der Waals surface area contributed by atoms with E-state index in [4.69, 9.17) is 14.2 Å². The second-order valence-corrected chi connectivity index (χ2v) is 6.25. The van der Waals surface area contributed by atoms with Crippen molar-refractivity contribution in [2.45, 2.75) is 0 Å². The molecule has 0 aliphatic rings. The molecule has 0 aliphatic heterocycles. The molecular weight excluding hydrogens is 405 g/mol. The second kappa shape index (κ2) is 8.29. The summed E-state index contributed by atoms with van der Waals surface area (Å²) in [4.78, 5) is 8.35. The van der Waals surface area contributed by atoms with E-state index in [9.17, 15) is 4.39 Å². The van der Waals surface area contributed by atoms with Gasteiger partial charge in [0.25, 0.3) is 0 Å². The van der Waals surface area contributed by atoms with Gasteiger partial charge in [0.15, 0.2) is 11.5 Å². The number of fused-ring (bicyclic) bond motifs is 1. The van der Waals surface area contributed by atoms with Crippen LogP contribution in [0.5, 0.6) is 11.5 Å². The number of ether oxygens (including phenoxy) is 3. The normalized spacial score (nSPS) is 10.8. The van der Waals surface area contributed by atoms with Crippen LogP contribution in [0.1, 0.15) is 0 Å². The zero-order valence-electron chi connectivity index (χ0n) is 14.3. The van der Waals surface area contributed by atoms with E-state index in [0.717, 1.165) is 5.39 Å². The fraction of sp³-hybridized carbons (Fsp3) is 0.222. The van der Waals surface area contributed by atoms with Crippen LogP contribution in [0.2, 0.25) is 0 Å². The Morgan fingerprint density at radius 2 is 2.04 bits per heavy atom. The quantitative estimate of drug-likeness (QED) is 0.573. The fourth-order valence-corrected chi connectivity index (χ4v) is 2.79. The van der Waals surface area contributed by atoms with Crippen molar-refractivity contribution < 1.29 is 18.6 Å². The lowest BCUT2D eigenvalue weighted by molar-refractivity contribution is 0.144. The number of nitrogens with zero attached hydrogens (tertiary/aromatic N) is 2. The summed E-state index contributed by atoms with van der Waals surface area (Å²) >= 11 is 3.25. The zero-order valence-corrected chi connectivity index (χ0v) is 15.8. The average Bonchev–Trinajstić information content (AvgIpc) is 2.64. The van der Waals surface area contributed by atoms with Gasteiger partial charge in [0, 0.05) is 23.2 Å². The van der Waals surface area contributed by atoms with Crippen molar-refractivity contribution in [3.8, 4) is 11.5 Å².